The van der Waals surface area contributed by atoms with Crippen molar-refractivity contribution in [3.05, 3.63) is 47.6 Å². The molecule has 0 fully saturated rings. The van der Waals surface area contributed by atoms with Crippen molar-refractivity contribution in [1.82, 2.24) is 0 Å². The number of allylic oxidation sites excluding steroid dienone is 8. The minimum atomic E-state index is 0.659. The van der Waals surface area contributed by atoms with E-state index in [0.717, 1.165) is 31.1 Å². The van der Waals surface area contributed by atoms with Crippen molar-refractivity contribution in [1.29, 1.82) is 0 Å². The van der Waals surface area contributed by atoms with Crippen LogP contribution >= 0.6 is 0 Å². The molecule has 0 saturated carbocycles. The highest BCUT2D eigenvalue weighted by atomic mass is 16.1. The molecule has 0 heterocycles. The van der Waals surface area contributed by atoms with Crippen molar-refractivity contribution < 1.29 is 4.79 Å². The van der Waals surface area contributed by atoms with Gasteiger partial charge >= 0.3 is 0 Å². The second kappa shape index (κ2) is 10.8. The Labute approximate surface area is 112 Å². The summed E-state index contributed by atoms with van der Waals surface area (Å²) in [5.74, 6) is 0.659. The lowest BCUT2D eigenvalue weighted by molar-refractivity contribution is -0.104. The first-order valence-corrected chi connectivity index (χ1v) is 6.68. The zero-order valence-corrected chi connectivity index (χ0v) is 12.1. The number of carbonyl (C=O) groups is 1. The van der Waals surface area contributed by atoms with E-state index < -0.39 is 0 Å². The quantitative estimate of drug-likeness (QED) is 0.334. The van der Waals surface area contributed by atoms with Crippen molar-refractivity contribution in [2.75, 3.05) is 0 Å². The molecule has 0 rings (SSSR count). The van der Waals surface area contributed by atoms with Gasteiger partial charge in [0.2, 0.25) is 0 Å². The van der Waals surface area contributed by atoms with Crippen LogP contribution in [-0.4, -0.2) is 6.29 Å². The molecule has 0 aromatic heterocycles. The summed E-state index contributed by atoms with van der Waals surface area (Å²) in [5, 5.41) is 0. The molecule has 0 aliphatic heterocycles. The van der Waals surface area contributed by atoms with Crippen molar-refractivity contribution >= 4 is 6.29 Å². The first kappa shape index (κ1) is 16.6. The molecule has 0 spiro atoms. The second-order valence-electron chi connectivity index (χ2n) is 4.82. The van der Waals surface area contributed by atoms with Gasteiger partial charge in [0.15, 0.2) is 0 Å². The first-order valence-electron chi connectivity index (χ1n) is 6.68. The summed E-state index contributed by atoms with van der Waals surface area (Å²) < 4.78 is 0. The number of rotatable bonds is 8. The molecular weight excluding hydrogens is 220 g/mol. The molecule has 1 atom stereocenters. The Kier molecular flexibility index (Phi) is 9.94. The number of hydrogen-bond donors (Lipinski definition) is 0. The SMILES string of the molecule is C/C=C/C=C(C)/C=C/C[C@H](C)CC/C=C(\C)C=O. The normalized spacial score (nSPS) is 15.6. The summed E-state index contributed by atoms with van der Waals surface area (Å²) in [4.78, 5) is 10.4. The van der Waals surface area contributed by atoms with Crippen LogP contribution in [0.2, 0.25) is 0 Å². The molecule has 0 saturated heterocycles. The molecule has 0 aromatic carbocycles. The van der Waals surface area contributed by atoms with Crippen molar-refractivity contribution in [2.45, 2.75) is 47.0 Å². The maximum absolute atomic E-state index is 10.4. The number of carbonyl (C=O) groups excluding carboxylic acids is 1. The van der Waals surface area contributed by atoms with E-state index in [4.69, 9.17) is 0 Å². The molecule has 0 unspecified atom stereocenters. The summed E-state index contributed by atoms with van der Waals surface area (Å²) in [7, 11) is 0. The van der Waals surface area contributed by atoms with Gasteiger partial charge in [0.1, 0.15) is 6.29 Å². The van der Waals surface area contributed by atoms with Gasteiger partial charge in [-0.15, -0.1) is 0 Å². The van der Waals surface area contributed by atoms with E-state index in [1.54, 1.807) is 0 Å². The van der Waals surface area contributed by atoms with Gasteiger partial charge in [0.05, 0.1) is 0 Å². The third-order valence-electron chi connectivity index (χ3n) is 2.78. The molecule has 1 heteroatoms. The first-order chi connectivity index (χ1) is 8.60. The van der Waals surface area contributed by atoms with Gasteiger partial charge < -0.3 is 0 Å². The van der Waals surface area contributed by atoms with Crippen LogP contribution in [-0.2, 0) is 4.79 Å². The van der Waals surface area contributed by atoms with Crippen LogP contribution < -0.4 is 0 Å². The highest BCUT2D eigenvalue weighted by Gasteiger charge is 1.98. The monoisotopic (exact) mass is 246 g/mol. The van der Waals surface area contributed by atoms with Crippen LogP contribution in [0.5, 0.6) is 0 Å². The van der Waals surface area contributed by atoms with E-state index >= 15 is 0 Å². The van der Waals surface area contributed by atoms with Crippen LogP contribution in [0.15, 0.2) is 47.6 Å². The molecule has 0 amide bonds. The molecule has 0 N–H and O–H groups in total. The largest absolute Gasteiger partial charge is 0.298 e. The molecule has 100 valence electrons. The van der Waals surface area contributed by atoms with Gasteiger partial charge in [-0.3, -0.25) is 4.79 Å². The molecule has 0 radical (unpaired) electrons. The average Bonchev–Trinajstić information content (AvgIpc) is 2.36. The Morgan fingerprint density at radius 3 is 2.56 bits per heavy atom. The Balaban J connectivity index is 3.93. The average molecular weight is 246 g/mol. The van der Waals surface area contributed by atoms with Crippen LogP contribution in [0, 0.1) is 5.92 Å². The third kappa shape index (κ3) is 9.83. The predicted octanol–water partition coefficient (Wildman–Crippen LogP) is 5.02. The second-order valence-corrected chi connectivity index (χ2v) is 4.82. The fourth-order valence-corrected chi connectivity index (χ4v) is 1.55. The van der Waals surface area contributed by atoms with E-state index in [1.807, 2.05) is 26.0 Å². The highest BCUT2D eigenvalue weighted by molar-refractivity contribution is 5.71. The highest BCUT2D eigenvalue weighted by Crippen LogP contribution is 2.12. The van der Waals surface area contributed by atoms with Crippen molar-refractivity contribution in [2.24, 2.45) is 5.92 Å². The summed E-state index contributed by atoms with van der Waals surface area (Å²) in [5.41, 5.74) is 2.11. The van der Waals surface area contributed by atoms with Crippen molar-refractivity contribution in [3.63, 3.8) is 0 Å². The number of hydrogen-bond acceptors (Lipinski definition) is 1. The van der Waals surface area contributed by atoms with Crippen molar-refractivity contribution in [3.8, 4) is 0 Å². The van der Waals surface area contributed by atoms with E-state index in [1.165, 1.54) is 5.57 Å². The van der Waals surface area contributed by atoms with Gasteiger partial charge in [-0.1, -0.05) is 49.0 Å². The molecule has 0 aromatic rings. The molecular formula is C17H26O. The lowest BCUT2D eigenvalue weighted by Gasteiger charge is -2.06. The zero-order chi connectivity index (χ0) is 13.8. The van der Waals surface area contributed by atoms with E-state index in [2.05, 4.69) is 38.2 Å². The lowest BCUT2D eigenvalue weighted by Crippen LogP contribution is -1.91. The van der Waals surface area contributed by atoms with Gasteiger partial charge in [0, 0.05) is 0 Å². The summed E-state index contributed by atoms with van der Waals surface area (Å²) in [6.45, 7) is 8.23. The molecule has 0 aliphatic carbocycles. The number of aldehydes is 1. The van der Waals surface area contributed by atoms with Crippen LogP contribution in [0.4, 0.5) is 0 Å². The predicted molar refractivity (Wildman–Crippen MR) is 80.5 cm³/mol. The van der Waals surface area contributed by atoms with Gasteiger partial charge in [0.25, 0.3) is 0 Å². The fraction of sp³-hybridized carbons (Fsp3) is 0.471. The summed E-state index contributed by atoms with van der Waals surface area (Å²) in [6, 6.07) is 0. The minimum absolute atomic E-state index is 0.659. The Hall–Kier alpha value is -1.37. The minimum Gasteiger partial charge on any atom is -0.298 e. The van der Waals surface area contributed by atoms with Crippen LogP contribution in [0.25, 0.3) is 0 Å². The lowest BCUT2D eigenvalue weighted by atomic mass is 10.0. The smallest absolute Gasteiger partial charge is 0.145 e. The summed E-state index contributed by atoms with van der Waals surface area (Å²) in [6.07, 6.45) is 16.7. The van der Waals surface area contributed by atoms with E-state index in [0.29, 0.717) is 5.92 Å². The topological polar surface area (TPSA) is 17.1 Å². The Morgan fingerprint density at radius 2 is 1.94 bits per heavy atom. The maximum atomic E-state index is 10.4. The van der Waals surface area contributed by atoms with Crippen LogP contribution in [0.1, 0.15) is 47.0 Å². The maximum Gasteiger partial charge on any atom is 0.145 e. The van der Waals surface area contributed by atoms with E-state index in [9.17, 15) is 4.79 Å². The molecule has 0 bridgehead atoms. The molecule has 18 heavy (non-hydrogen) atoms. The van der Waals surface area contributed by atoms with Gasteiger partial charge in [-0.05, 0) is 51.5 Å². The van der Waals surface area contributed by atoms with Gasteiger partial charge in [-0.25, -0.2) is 0 Å². The molecule has 1 nitrogen and oxygen atoms in total. The molecule has 0 aliphatic rings. The third-order valence-corrected chi connectivity index (χ3v) is 2.78. The summed E-state index contributed by atoms with van der Waals surface area (Å²) >= 11 is 0. The Bertz CT molecular complexity index is 343. The van der Waals surface area contributed by atoms with Crippen LogP contribution in [0.3, 0.4) is 0 Å². The van der Waals surface area contributed by atoms with E-state index in [-0.39, 0.29) is 0 Å². The zero-order valence-electron chi connectivity index (χ0n) is 12.1. The van der Waals surface area contributed by atoms with Gasteiger partial charge in [-0.2, -0.15) is 0 Å². The fourth-order valence-electron chi connectivity index (χ4n) is 1.55. The Morgan fingerprint density at radius 1 is 1.22 bits per heavy atom. The standard InChI is InChI=1S/C17H26O/c1-5-6-9-15(2)10-7-11-16(3)12-8-13-17(4)14-18/h5-7,9-10,13-14,16H,8,11-12H2,1-4H3/b6-5+,10-7+,15-9+,17-13+/t16-/m0/s1.